The standard InChI is InChI=1S/C56H36N2O/c1-2-13-43(14-3-1)58-51-18-8-6-16-47(51)49-35-41(27-33-52(49)58)37-23-29-44(30-24-37)57(53-19-10-12-40-22-21-39-11-4-5-15-46(39)56(40)53)45-31-25-38(26-32-45)42-28-34-55-50(36-42)48-17-7-9-20-54(48)59-55/h1-36H. The number of benzene rings is 10. The molecule has 0 aliphatic heterocycles. The highest BCUT2D eigenvalue weighted by Crippen LogP contribution is 2.43. The molecule has 10 aromatic carbocycles. The first-order valence-electron chi connectivity index (χ1n) is 20.2. The third-order valence-corrected chi connectivity index (χ3v) is 12.0. The molecule has 0 radical (unpaired) electrons. The Bertz CT molecular complexity index is 3540. The summed E-state index contributed by atoms with van der Waals surface area (Å²) in [5.41, 5.74) is 13.4. The molecule has 0 spiro atoms. The van der Waals surface area contributed by atoms with Crippen LogP contribution in [0.15, 0.2) is 223 Å². The Hall–Kier alpha value is -7.88. The number of anilines is 3. The first-order chi connectivity index (χ1) is 29.2. The number of furan rings is 1. The Kier molecular flexibility index (Phi) is 7.54. The van der Waals surface area contributed by atoms with Crippen molar-refractivity contribution in [3.8, 4) is 27.9 Å². The lowest BCUT2D eigenvalue weighted by molar-refractivity contribution is 0.669. The minimum absolute atomic E-state index is 0.906. The Morgan fingerprint density at radius 3 is 1.68 bits per heavy atom. The molecule has 12 rings (SSSR count). The van der Waals surface area contributed by atoms with Crippen LogP contribution in [-0.2, 0) is 0 Å². The van der Waals surface area contributed by atoms with Gasteiger partial charge in [0.15, 0.2) is 0 Å². The van der Waals surface area contributed by atoms with E-state index in [0.29, 0.717) is 0 Å². The van der Waals surface area contributed by atoms with Crippen LogP contribution in [0.2, 0.25) is 0 Å². The van der Waals surface area contributed by atoms with Gasteiger partial charge in [-0.3, -0.25) is 0 Å². The molecule has 0 atom stereocenters. The molecule has 3 heteroatoms. The first-order valence-corrected chi connectivity index (χ1v) is 20.2. The van der Waals surface area contributed by atoms with Crippen LogP contribution in [-0.4, -0.2) is 4.57 Å². The number of hydrogen-bond acceptors (Lipinski definition) is 2. The normalized spacial score (nSPS) is 11.7. The van der Waals surface area contributed by atoms with Crippen LogP contribution in [0.3, 0.4) is 0 Å². The van der Waals surface area contributed by atoms with Crippen molar-refractivity contribution < 1.29 is 4.42 Å². The third kappa shape index (κ3) is 5.44. The lowest BCUT2D eigenvalue weighted by atomic mass is 9.98. The molecular weight excluding hydrogens is 717 g/mol. The summed E-state index contributed by atoms with van der Waals surface area (Å²) in [4.78, 5) is 2.41. The van der Waals surface area contributed by atoms with E-state index in [1.54, 1.807) is 0 Å². The zero-order chi connectivity index (χ0) is 38.9. The summed E-state index contributed by atoms with van der Waals surface area (Å²) in [5, 5.41) is 9.67. The molecule has 0 saturated heterocycles. The number of fused-ring (bicyclic) bond motifs is 9. The molecule has 0 saturated carbocycles. The van der Waals surface area contributed by atoms with Gasteiger partial charge in [0.2, 0.25) is 0 Å². The smallest absolute Gasteiger partial charge is 0.135 e. The molecular formula is C56H36N2O. The number of hydrogen-bond donors (Lipinski definition) is 0. The summed E-state index contributed by atoms with van der Waals surface area (Å²) in [6.07, 6.45) is 0. The van der Waals surface area contributed by atoms with Gasteiger partial charge in [-0.05, 0) is 117 Å². The summed E-state index contributed by atoms with van der Waals surface area (Å²) < 4.78 is 8.51. The highest BCUT2D eigenvalue weighted by Gasteiger charge is 2.19. The minimum Gasteiger partial charge on any atom is -0.456 e. The average Bonchev–Trinajstić information content (AvgIpc) is 3.85. The van der Waals surface area contributed by atoms with E-state index in [9.17, 15) is 0 Å². The summed E-state index contributed by atoms with van der Waals surface area (Å²) in [6, 6.07) is 78.8. The largest absolute Gasteiger partial charge is 0.456 e. The van der Waals surface area contributed by atoms with Crippen molar-refractivity contribution >= 4 is 82.4 Å². The highest BCUT2D eigenvalue weighted by molar-refractivity contribution is 6.15. The second kappa shape index (κ2) is 13.4. The van der Waals surface area contributed by atoms with E-state index in [4.69, 9.17) is 4.42 Å². The molecule has 12 aromatic rings. The maximum absolute atomic E-state index is 6.14. The van der Waals surface area contributed by atoms with E-state index in [0.717, 1.165) is 55.8 Å². The van der Waals surface area contributed by atoms with E-state index in [1.807, 2.05) is 12.1 Å². The van der Waals surface area contributed by atoms with Gasteiger partial charge < -0.3 is 13.9 Å². The lowest BCUT2D eigenvalue weighted by Crippen LogP contribution is -2.10. The van der Waals surface area contributed by atoms with Gasteiger partial charge in [-0.15, -0.1) is 0 Å². The zero-order valence-electron chi connectivity index (χ0n) is 32.1. The van der Waals surface area contributed by atoms with Crippen LogP contribution in [0.5, 0.6) is 0 Å². The van der Waals surface area contributed by atoms with Crippen LogP contribution in [0.4, 0.5) is 17.1 Å². The zero-order valence-corrected chi connectivity index (χ0v) is 32.1. The molecule has 0 unspecified atom stereocenters. The molecule has 59 heavy (non-hydrogen) atoms. The molecule has 276 valence electrons. The van der Waals surface area contributed by atoms with Crippen LogP contribution < -0.4 is 4.90 Å². The van der Waals surface area contributed by atoms with Gasteiger partial charge in [0.05, 0.1) is 16.7 Å². The fourth-order valence-electron chi connectivity index (χ4n) is 9.17. The predicted molar refractivity (Wildman–Crippen MR) is 249 cm³/mol. The second-order valence-electron chi connectivity index (χ2n) is 15.3. The number of para-hydroxylation sites is 3. The average molecular weight is 753 g/mol. The minimum atomic E-state index is 0.906. The Balaban J connectivity index is 0.981. The van der Waals surface area contributed by atoms with Crippen molar-refractivity contribution in [2.24, 2.45) is 0 Å². The molecule has 0 aliphatic carbocycles. The van der Waals surface area contributed by atoms with Crippen molar-refractivity contribution in [1.82, 2.24) is 4.57 Å². The summed E-state index contributed by atoms with van der Waals surface area (Å²) in [7, 11) is 0. The highest BCUT2D eigenvalue weighted by atomic mass is 16.3. The van der Waals surface area contributed by atoms with Crippen LogP contribution in [0, 0.1) is 0 Å². The van der Waals surface area contributed by atoms with Crippen LogP contribution >= 0.6 is 0 Å². The maximum atomic E-state index is 6.14. The van der Waals surface area contributed by atoms with E-state index < -0.39 is 0 Å². The molecule has 2 aromatic heterocycles. The van der Waals surface area contributed by atoms with Crippen molar-refractivity contribution in [2.75, 3.05) is 4.90 Å². The van der Waals surface area contributed by atoms with Gasteiger partial charge in [0.25, 0.3) is 0 Å². The van der Waals surface area contributed by atoms with Gasteiger partial charge in [-0.2, -0.15) is 0 Å². The van der Waals surface area contributed by atoms with Crippen molar-refractivity contribution in [3.05, 3.63) is 218 Å². The van der Waals surface area contributed by atoms with Crippen molar-refractivity contribution in [2.45, 2.75) is 0 Å². The summed E-state index contributed by atoms with van der Waals surface area (Å²) in [6.45, 7) is 0. The third-order valence-electron chi connectivity index (χ3n) is 12.0. The van der Waals surface area contributed by atoms with Crippen LogP contribution in [0.1, 0.15) is 0 Å². The van der Waals surface area contributed by atoms with E-state index >= 15 is 0 Å². The fraction of sp³-hybridized carbons (Fsp3) is 0. The molecule has 3 nitrogen and oxygen atoms in total. The first kappa shape index (κ1) is 33.3. The predicted octanol–water partition coefficient (Wildman–Crippen LogP) is 15.8. The van der Waals surface area contributed by atoms with Gasteiger partial charge in [0.1, 0.15) is 11.2 Å². The van der Waals surface area contributed by atoms with Gasteiger partial charge >= 0.3 is 0 Å². The van der Waals surface area contributed by atoms with E-state index in [-0.39, 0.29) is 0 Å². The summed E-state index contributed by atoms with van der Waals surface area (Å²) >= 11 is 0. The maximum Gasteiger partial charge on any atom is 0.135 e. The van der Waals surface area contributed by atoms with Gasteiger partial charge in [-0.1, -0.05) is 140 Å². The van der Waals surface area contributed by atoms with Gasteiger partial charge in [-0.25, -0.2) is 0 Å². The monoisotopic (exact) mass is 752 g/mol. The SMILES string of the molecule is c1ccc(-n2c3ccccc3c3cc(-c4ccc(N(c5ccc(-c6ccc7oc8ccccc8c7c6)cc5)c5cccc6ccc7ccccc7c56)cc4)ccc32)cc1. The Labute approximate surface area is 341 Å². The topological polar surface area (TPSA) is 21.3 Å². The van der Waals surface area contributed by atoms with Crippen molar-refractivity contribution in [3.63, 3.8) is 0 Å². The number of rotatable bonds is 6. The molecule has 2 heterocycles. The molecule has 0 N–H and O–H groups in total. The van der Waals surface area contributed by atoms with Crippen LogP contribution in [0.25, 0.3) is 93.2 Å². The van der Waals surface area contributed by atoms with Crippen molar-refractivity contribution in [1.29, 1.82) is 0 Å². The fourth-order valence-corrected chi connectivity index (χ4v) is 9.17. The molecule has 0 amide bonds. The lowest BCUT2D eigenvalue weighted by Gasteiger charge is -2.28. The number of nitrogens with zero attached hydrogens (tertiary/aromatic N) is 2. The molecule has 0 fully saturated rings. The quantitative estimate of drug-likeness (QED) is 0.158. The second-order valence-corrected chi connectivity index (χ2v) is 15.3. The Morgan fingerprint density at radius 1 is 0.339 bits per heavy atom. The van der Waals surface area contributed by atoms with Gasteiger partial charge in [0, 0.05) is 44.0 Å². The number of aromatic nitrogens is 1. The molecule has 0 aliphatic rings. The summed E-state index contributed by atoms with van der Waals surface area (Å²) in [5.74, 6) is 0. The Morgan fingerprint density at radius 2 is 0.898 bits per heavy atom. The van der Waals surface area contributed by atoms with E-state index in [2.05, 4.69) is 216 Å². The molecule has 0 bridgehead atoms. The van der Waals surface area contributed by atoms with E-state index in [1.165, 1.54) is 54.5 Å².